The summed E-state index contributed by atoms with van der Waals surface area (Å²) in [5.74, 6) is 0. The number of nitrogens with one attached hydrogen (secondary N) is 1. The highest BCUT2D eigenvalue weighted by Gasteiger charge is 2.41. The lowest BCUT2D eigenvalue weighted by atomic mass is 10.1. The standard InChI is InChI=1S/C30H23NSi/c1-4-12-23(13-5-1)32(24-14-6-2-7-15-24,25-16-8-3-9-17-25)26-20-21-28-27-18-10-11-19-29(27)31-30(28)22-26/h1-22,31H. The van der Waals surface area contributed by atoms with Crippen LogP contribution < -0.4 is 20.7 Å². The van der Waals surface area contributed by atoms with Gasteiger partial charge in [-0.15, -0.1) is 0 Å². The Morgan fingerprint density at radius 3 is 1.41 bits per heavy atom. The number of aromatic nitrogens is 1. The van der Waals surface area contributed by atoms with E-state index in [-0.39, 0.29) is 0 Å². The molecule has 0 amide bonds. The van der Waals surface area contributed by atoms with Gasteiger partial charge in [0.25, 0.3) is 0 Å². The van der Waals surface area contributed by atoms with Gasteiger partial charge in [0.1, 0.15) is 0 Å². The van der Waals surface area contributed by atoms with Crippen molar-refractivity contribution in [3.63, 3.8) is 0 Å². The van der Waals surface area contributed by atoms with Gasteiger partial charge >= 0.3 is 0 Å². The van der Waals surface area contributed by atoms with E-state index in [1.54, 1.807) is 0 Å². The van der Waals surface area contributed by atoms with E-state index in [1.165, 1.54) is 42.6 Å². The summed E-state index contributed by atoms with van der Waals surface area (Å²) in [5.41, 5.74) is 2.38. The molecule has 0 saturated carbocycles. The highest BCUT2D eigenvalue weighted by molar-refractivity contribution is 7.20. The number of hydrogen-bond donors (Lipinski definition) is 1. The summed E-state index contributed by atoms with van der Waals surface area (Å²) in [6.45, 7) is 0. The zero-order valence-electron chi connectivity index (χ0n) is 17.7. The molecule has 2 heteroatoms. The van der Waals surface area contributed by atoms with Crippen molar-refractivity contribution in [1.82, 2.24) is 4.98 Å². The van der Waals surface area contributed by atoms with Crippen molar-refractivity contribution in [3.05, 3.63) is 133 Å². The Balaban J connectivity index is 1.73. The lowest BCUT2D eigenvalue weighted by molar-refractivity contribution is 1.55. The molecule has 0 bridgehead atoms. The van der Waals surface area contributed by atoms with Gasteiger partial charge in [-0.05, 0) is 32.9 Å². The fourth-order valence-corrected chi connectivity index (χ4v) is 9.92. The zero-order valence-corrected chi connectivity index (χ0v) is 18.7. The van der Waals surface area contributed by atoms with Gasteiger partial charge in [0, 0.05) is 21.8 Å². The van der Waals surface area contributed by atoms with Crippen molar-refractivity contribution < 1.29 is 0 Å². The Bertz CT molecular complexity index is 1410. The smallest absolute Gasteiger partial charge is 0.179 e. The molecule has 1 nitrogen and oxygen atoms in total. The highest BCUT2D eigenvalue weighted by Crippen LogP contribution is 2.25. The number of para-hydroxylation sites is 1. The molecule has 0 saturated heterocycles. The third-order valence-corrected chi connectivity index (χ3v) is 11.3. The lowest BCUT2D eigenvalue weighted by Crippen LogP contribution is -2.74. The molecule has 6 rings (SSSR count). The predicted molar refractivity (Wildman–Crippen MR) is 139 cm³/mol. The summed E-state index contributed by atoms with van der Waals surface area (Å²) in [5, 5.41) is 8.13. The van der Waals surface area contributed by atoms with E-state index in [1.807, 2.05) is 0 Å². The van der Waals surface area contributed by atoms with Crippen LogP contribution in [-0.4, -0.2) is 13.1 Å². The van der Waals surface area contributed by atoms with Gasteiger partial charge in [0.15, 0.2) is 8.07 Å². The number of rotatable bonds is 4. The third kappa shape index (κ3) is 2.84. The first-order valence-corrected chi connectivity index (χ1v) is 13.0. The van der Waals surface area contributed by atoms with E-state index in [0.29, 0.717) is 0 Å². The van der Waals surface area contributed by atoms with Gasteiger partial charge < -0.3 is 4.98 Å². The second-order valence-corrected chi connectivity index (χ2v) is 12.1. The molecular formula is C30H23NSi. The van der Waals surface area contributed by atoms with Gasteiger partial charge in [-0.1, -0.05) is 121 Å². The molecule has 152 valence electrons. The predicted octanol–water partition coefficient (Wildman–Crippen LogP) is 4.70. The second-order valence-electron chi connectivity index (χ2n) is 8.28. The number of aromatic amines is 1. The van der Waals surface area contributed by atoms with Crippen LogP contribution in [0, 0.1) is 0 Å². The average Bonchev–Trinajstić information content (AvgIpc) is 3.25. The Morgan fingerprint density at radius 1 is 0.375 bits per heavy atom. The number of benzene rings is 5. The maximum atomic E-state index is 3.67. The minimum Gasteiger partial charge on any atom is -0.355 e. The van der Waals surface area contributed by atoms with E-state index >= 15 is 0 Å². The van der Waals surface area contributed by atoms with Crippen LogP contribution in [0.15, 0.2) is 133 Å². The molecule has 6 aromatic rings. The summed E-state index contributed by atoms with van der Waals surface area (Å²) in [6, 6.07) is 48.8. The third-order valence-electron chi connectivity index (χ3n) is 6.56. The maximum Gasteiger partial charge on any atom is 0.179 e. The molecule has 0 unspecified atom stereocenters. The molecule has 0 radical (unpaired) electrons. The molecule has 0 fully saturated rings. The first kappa shape index (κ1) is 18.9. The van der Waals surface area contributed by atoms with Crippen LogP contribution >= 0.6 is 0 Å². The number of fused-ring (bicyclic) bond motifs is 3. The molecule has 0 aliphatic carbocycles. The monoisotopic (exact) mass is 425 g/mol. The molecular weight excluding hydrogens is 402 g/mol. The zero-order chi connectivity index (χ0) is 21.4. The van der Waals surface area contributed by atoms with Crippen LogP contribution in [0.4, 0.5) is 0 Å². The van der Waals surface area contributed by atoms with Crippen molar-refractivity contribution in [1.29, 1.82) is 0 Å². The first-order chi connectivity index (χ1) is 15.9. The fourth-order valence-electron chi connectivity index (χ4n) is 5.15. The van der Waals surface area contributed by atoms with Crippen molar-refractivity contribution in [2.45, 2.75) is 0 Å². The van der Waals surface area contributed by atoms with Crippen molar-refractivity contribution >= 4 is 50.6 Å². The van der Waals surface area contributed by atoms with Gasteiger partial charge in [-0.2, -0.15) is 0 Å². The van der Waals surface area contributed by atoms with Gasteiger partial charge in [-0.25, -0.2) is 0 Å². The van der Waals surface area contributed by atoms with Crippen LogP contribution in [0.2, 0.25) is 0 Å². The van der Waals surface area contributed by atoms with Gasteiger partial charge in [0.05, 0.1) is 0 Å². The second kappa shape index (κ2) is 7.67. The highest BCUT2D eigenvalue weighted by atomic mass is 28.3. The molecule has 32 heavy (non-hydrogen) atoms. The summed E-state index contributed by atoms with van der Waals surface area (Å²) < 4.78 is 0. The lowest BCUT2D eigenvalue weighted by Gasteiger charge is -2.34. The summed E-state index contributed by atoms with van der Waals surface area (Å²) in [6.07, 6.45) is 0. The molecule has 0 atom stereocenters. The number of H-pyrrole nitrogens is 1. The summed E-state index contributed by atoms with van der Waals surface area (Å²) in [4.78, 5) is 3.67. The molecule has 0 aliphatic heterocycles. The average molecular weight is 426 g/mol. The number of hydrogen-bond acceptors (Lipinski definition) is 0. The van der Waals surface area contributed by atoms with Crippen molar-refractivity contribution in [2.24, 2.45) is 0 Å². The topological polar surface area (TPSA) is 15.8 Å². The fraction of sp³-hybridized carbons (Fsp3) is 0. The quantitative estimate of drug-likeness (QED) is 0.311. The SMILES string of the molecule is c1ccc([Si](c2ccccc2)(c2ccccc2)c2ccc3c(c2)[nH]c2ccccc23)cc1. The Kier molecular flexibility index (Phi) is 4.52. The molecule has 1 aromatic heterocycles. The van der Waals surface area contributed by atoms with Gasteiger partial charge in [-0.3, -0.25) is 0 Å². The van der Waals surface area contributed by atoms with E-state index in [9.17, 15) is 0 Å². The van der Waals surface area contributed by atoms with Crippen LogP contribution in [0.5, 0.6) is 0 Å². The van der Waals surface area contributed by atoms with Crippen LogP contribution in [0.25, 0.3) is 21.8 Å². The Labute approximate surface area is 189 Å². The minimum atomic E-state index is -2.49. The van der Waals surface area contributed by atoms with Gasteiger partial charge in [0.2, 0.25) is 0 Å². The summed E-state index contributed by atoms with van der Waals surface area (Å²) >= 11 is 0. The normalized spacial score (nSPS) is 11.8. The molecule has 0 aliphatic rings. The first-order valence-electron chi connectivity index (χ1n) is 11.0. The Morgan fingerprint density at radius 2 is 0.844 bits per heavy atom. The largest absolute Gasteiger partial charge is 0.355 e. The Hall–Kier alpha value is -3.88. The van der Waals surface area contributed by atoms with Crippen LogP contribution in [0.3, 0.4) is 0 Å². The van der Waals surface area contributed by atoms with E-state index < -0.39 is 8.07 Å². The molecule has 5 aromatic carbocycles. The van der Waals surface area contributed by atoms with Crippen molar-refractivity contribution in [2.75, 3.05) is 0 Å². The van der Waals surface area contributed by atoms with E-state index in [2.05, 4.69) is 138 Å². The van der Waals surface area contributed by atoms with E-state index in [4.69, 9.17) is 0 Å². The maximum absolute atomic E-state index is 3.67. The summed E-state index contributed by atoms with van der Waals surface area (Å²) in [7, 11) is -2.49. The molecule has 0 spiro atoms. The van der Waals surface area contributed by atoms with Crippen LogP contribution in [-0.2, 0) is 0 Å². The van der Waals surface area contributed by atoms with Crippen LogP contribution in [0.1, 0.15) is 0 Å². The van der Waals surface area contributed by atoms with E-state index in [0.717, 1.165) is 0 Å². The molecule has 1 N–H and O–H groups in total. The molecule has 1 heterocycles. The minimum absolute atomic E-state index is 1.19. The van der Waals surface area contributed by atoms with Crippen molar-refractivity contribution in [3.8, 4) is 0 Å².